The topological polar surface area (TPSA) is 66.9 Å². The highest BCUT2D eigenvalue weighted by molar-refractivity contribution is 7.99. The van der Waals surface area contributed by atoms with Crippen LogP contribution in [0.2, 0.25) is 0 Å². The SMILES string of the molecule is Cc1ccc(CNc2ccc(SCC(=O)Nc3ccc(F)c(F)c3)nn2)cc1. The summed E-state index contributed by atoms with van der Waals surface area (Å²) in [6.45, 7) is 2.68. The van der Waals surface area contributed by atoms with Crippen LogP contribution in [0, 0.1) is 18.6 Å². The summed E-state index contributed by atoms with van der Waals surface area (Å²) in [4.78, 5) is 11.9. The Labute approximate surface area is 165 Å². The Morgan fingerprint density at radius 2 is 1.79 bits per heavy atom. The summed E-state index contributed by atoms with van der Waals surface area (Å²) in [7, 11) is 0. The molecule has 28 heavy (non-hydrogen) atoms. The second kappa shape index (κ2) is 9.27. The summed E-state index contributed by atoms with van der Waals surface area (Å²) in [6.07, 6.45) is 0. The van der Waals surface area contributed by atoms with Gasteiger partial charge in [-0.05, 0) is 36.8 Å². The fraction of sp³-hybridized carbons (Fsp3) is 0.150. The van der Waals surface area contributed by atoms with E-state index in [9.17, 15) is 13.6 Å². The lowest BCUT2D eigenvalue weighted by Gasteiger charge is -2.07. The van der Waals surface area contributed by atoms with Crippen LogP contribution in [0.1, 0.15) is 11.1 Å². The Hall–Kier alpha value is -3.00. The monoisotopic (exact) mass is 400 g/mol. The molecule has 3 aromatic rings. The Balaban J connectivity index is 1.46. The van der Waals surface area contributed by atoms with Gasteiger partial charge in [-0.15, -0.1) is 10.2 Å². The fourth-order valence-electron chi connectivity index (χ4n) is 2.30. The minimum absolute atomic E-state index is 0.0732. The molecular weight excluding hydrogens is 382 g/mol. The maximum Gasteiger partial charge on any atom is 0.234 e. The van der Waals surface area contributed by atoms with E-state index in [1.807, 2.05) is 31.2 Å². The van der Waals surface area contributed by atoms with Crippen molar-refractivity contribution in [1.29, 1.82) is 0 Å². The van der Waals surface area contributed by atoms with E-state index < -0.39 is 11.6 Å². The zero-order valence-corrected chi connectivity index (χ0v) is 15.9. The number of aromatic nitrogens is 2. The van der Waals surface area contributed by atoms with Crippen molar-refractivity contribution >= 4 is 29.2 Å². The van der Waals surface area contributed by atoms with Crippen molar-refractivity contribution in [3.05, 3.63) is 77.4 Å². The zero-order chi connectivity index (χ0) is 19.9. The number of nitrogens with one attached hydrogen (secondary N) is 2. The molecule has 1 aromatic heterocycles. The highest BCUT2D eigenvalue weighted by Gasteiger charge is 2.08. The number of amides is 1. The molecule has 1 heterocycles. The van der Waals surface area contributed by atoms with E-state index in [-0.39, 0.29) is 17.3 Å². The van der Waals surface area contributed by atoms with Crippen LogP contribution >= 0.6 is 11.8 Å². The molecule has 3 rings (SSSR count). The number of hydrogen-bond acceptors (Lipinski definition) is 5. The zero-order valence-electron chi connectivity index (χ0n) is 15.1. The van der Waals surface area contributed by atoms with Crippen LogP contribution in [0.15, 0.2) is 59.6 Å². The number of hydrogen-bond donors (Lipinski definition) is 2. The summed E-state index contributed by atoms with van der Waals surface area (Å²) >= 11 is 1.20. The van der Waals surface area contributed by atoms with Gasteiger partial charge in [0.25, 0.3) is 0 Å². The number of thioether (sulfide) groups is 1. The number of carbonyl (C=O) groups excluding carboxylic acids is 1. The van der Waals surface area contributed by atoms with Gasteiger partial charge >= 0.3 is 0 Å². The van der Waals surface area contributed by atoms with Gasteiger partial charge in [0.15, 0.2) is 11.6 Å². The van der Waals surface area contributed by atoms with Crippen LogP contribution in [0.25, 0.3) is 0 Å². The fourth-order valence-corrected chi connectivity index (χ4v) is 2.91. The van der Waals surface area contributed by atoms with Crippen molar-refractivity contribution < 1.29 is 13.6 Å². The highest BCUT2D eigenvalue weighted by Crippen LogP contribution is 2.18. The first-order chi connectivity index (χ1) is 13.5. The van der Waals surface area contributed by atoms with Gasteiger partial charge in [-0.1, -0.05) is 41.6 Å². The van der Waals surface area contributed by atoms with Crippen LogP contribution in [0.5, 0.6) is 0 Å². The molecule has 0 bridgehead atoms. The second-order valence-electron chi connectivity index (χ2n) is 6.06. The van der Waals surface area contributed by atoms with Gasteiger partial charge in [0.1, 0.15) is 10.8 Å². The van der Waals surface area contributed by atoms with Crippen LogP contribution in [-0.4, -0.2) is 21.9 Å². The van der Waals surface area contributed by atoms with Crippen LogP contribution in [0.4, 0.5) is 20.3 Å². The van der Waals surface area contributed by atoms with Crippen LogP contribution in [0.3, 0.4) is 0 Å². The lowest BCUT2D eigenvalue weighted by Crippen LogP contribution is -2.14. The smallest absolute Gasteiger partial charge is 0.234 e. The molecule has 5 nitrogen and oxygen atoms in total. The van der Waals surface area contributed by atoms with E-state index in [1.165, 1.54) is 23.4 Å². The van der Waals surface area contributed by atoms with E-state index in [0.29, 0.717) is 17.4 Å². The summed E-state index contributed by atoms with van der Waals surface area (Å²) in [5.41, 5.74) is 2.55. The average Bonchev–Trinajstić information content (AvgIpc) is 2.69. The number of carbonyl (C=O) groups is 1. The second-order valence-corrected chi connectivity index (χ2v) is 7.06. The Kier molecular flexibility index (Phi) is 6.54. The quantitative estimate of drug-likeness (QED) is 0.575. The minimum Gasteiger partial charge on any atom is -0.365 e. The van der Waals surface area contributed by atoms with Gasteiger partial charge in [0.2, 0.25) is 5.91 Å². The predicted molar refractivity (Wildman–Crippen MR) is 106 cm³/mol. The maximum absolute atomic E-state index is 13.2. The molecular formula is C20H18F2N4OS. The normalized spacial score (nSPS) is 10.5. The molecule has 0 aliphatic heterocycles. The molecule has 0 spiro atoms. The molecule has 8 heteroatoms. The third-order valence-corrected chi connectivity index (χ3v) is 4.71. The summed E-state index contributed by atoms with van der Waals surface area (Å²) < 4.78 is 26.0. The third-order valence-electron chi connectivity index (χ3n) is 3.79. The van der Waals surface area contributed by atoms with E-state index in [1.54, 1.807) is 12.1 Å². The molecule has 2 aromatic carbocycles. The largest absolute Gasteiger partial charge is 0.365 e. The molecule has 0 radical (unpaired) electrons. The number of nitrogens with zero attached hydrogens (tertiary/aromatic N) is 2. The molecule has 0 saturated heterocycles. The number of halogens is 2. The summed E-state index contributed by atoms with van der Waals surface area (Å²) in [5.74, 6) is -1.61. The van der Waals surface area contributed by atoms with Gasteiger partial charge in [-0.2, -0.15) is 0 Å². The minimum atomic E-state index is -1.01. The third kappa shape index (κ3) is 5.75. The van der Waals surface area contributed by atoms with Crippen molar-refractivity contribution in [3.63, 3.8) is 0 Å². The van der Waals surface area contributed by atoms with Crippen molar-refractivity contribution in [3.8, 4) is 0 Å². The van der Waals surface area contributed by atoms with E-state index in [0.717, 1.165) is 17.7 Å². The van der Waals surface area contributed by atoms with Crippen molar-refractivity contribution in [1.82, 2.24) is 10.2 Å². The molecule has 0 aliphatic carbocycles. The first-order valence-corrected chi connectivity index (χ1v) is 9.49. The lowest BCUT2D eigenvalue weighted by atomic mass is 10.1. The standard InChI is InChI=1S/C20H18F2N4OS/c1-13-2-4-14(5-3-13)11-23-18-8-9-20(26-25-18)28-12-19(27)24-15-6-7-16(21)17(22)10-15/h2-10H,11-12H2,1H3,(H,23,25)(H,24,27). The lowest BCUT2D eigenvalue weighted by molar-refractivity contribution is -0.113. The molecule has 1 amide bonds. The van der Waals surface area contributed by atoms with Gasteiger partial charge in [-0.25, -0.2) is 8.78 Å². The Morgan fingerprint density at radius 3 is 2.46 bits per heavy atom. The van der Waals surface area contributed by atoms with Gasteiger partial charge in [0.05, 0.1) is 5.75 Å². The number of aryl methyl sites for hydroxylation is 1. The summed E-state index contributed by atoms with van der Waals surface area (Å²) in [6, 6.07) is 14.9. The first kappa shape index (κ1) is 19.8. The molecule has 144 valence electrons. The molecule has 2 N–H and O–H groups in total. The summed E-state index contributed by atoms with van der Waals surface area (Å²) in [5, 5.41) is 14.4. The molecule has 0 saturated carbocycles. The Bertz CT molecular complexity index is 949. The molecule has 0 aliphatic rings. The van der Waals surface area contributed by atoms with E-state index in [2.05, 4.69) is 20.8 Å². The number of anilines is 2. The maximum atomic E-state index is 13.2. The van der Waals surface area contributed by atoms with Crippen LogP contribution in [-0.2, 0) is 11.3 Å². The van der Waals surface area contributed by atoms with Crippen LogP contribution < -0.4 is 10.6 Å². The highest BCUT2D eigenvalue weighted by atomic mass is 32.2. The average molecular weight is 400 g/mol. The number of benzene rings is 2. The Morgan fingerprint density at radius 1 is 1.00 bits per heavy atom. The van der Waals surface area contributed by atoms with E-state index >= 15 is 0 Å². The first-order valence-electron chi connectivity index (χ1n) is 8.50. The molecule has 0 unspecified atom stereocenters. The van der Waals surface area contributed by atoms with Crippen molar-refractivity contribution in [2.24, 2.45) is 0 Å². The van der Waals surface area contributed by atoms with Crippen molar-refractivity contribution in [2.75, 3.05) is 16.4 Å². The number of rotatable bonds is 7. The van der Waals surface area contributed by atoms with Gasteiger partial charge < -0.3 is 10.6 Å². The van der Waals surface area contributed by atoms with Gasteiger partial charge in [-0.3, -0.25) is 4.79 Å². The molecule has 0 fully saturated rings. The predicted octanol–water partition coefficient (Wildman–Crippen LogP) is 4.41. The van der Waals surface area contributed by atoms with Crippen molar-refractivity contribution in [2.45, 2.75) is 18.5 Å². The van der Waals surface area contributed by atoms with E-state index in [4.69, 9.17) is 0 Å². The van der Waals surface area contributed by atoms with Gasteiger partial charge in [0, 0.05) is 18.3 Å². The molecule has 0 atom stereocenters.